The molecule has 0 radical (unpaired) electrons. The summed E-state index contributed by atoms with van der Waals surface area (Å²) in [5.41, 5.74) is 0. The fourth-order valence-corrected chi connectivity index (χ4v) is 2.51. The number of allylic oxidation sites excluding steroid dienone is 2. The number of hydrogen-bond donors (Lipinski definition) is 0. The first-order chi connectivity index (χ1) is 7.45. The molecule has 0 aromatic carbocycles. The van der Waals surface area contributed by atoms with Gasteiger partial charge in [0.05, 0.1) is 5.76 Å². The van der Waals surface area contributed by atoms with Crippen LogP contribution in [0.25, 0.3) is 0 Å². The van der Waals surface area contributed by atoms with E-state index in [9.17, 15) is 0 Å². The van der Waals surface area contributed by atoms with Crippen LogP contribution in [-0.4, -0.2) is 8.32 Å². The van der Waals surface area contributed by atoms with Gasteiger partial charge in [-0.3, -0.25) is 0 Å². The van der Waals surface area contributed by atoms with Crippen molar-refractivity contribution in [2.45, 2.75) is 73.0 Å². The van der Waals surface area contributed by atoms with E-state index < -0.39 is 8.32 Å². The van der Waals surface area contributed by atoms with Gasteiger partial charge in [0.2, 0.25) is 8.32 Å². The topological polar surface area (TPSA) is 9.23 Å². The first-order valence-corrected chi connectivity index (χ1v) is 9.76. The molecule has 0 saturated carbocycles. The van der Waals surface area contributed by atoms with Crippen LogP contribution in [0.5, 0.6) is 0 Å². The molecule has 0 spiro atoms. The molecule has 0 saturated heterocycles. The molecule has 0 bridgehead atoms. The Bertz CT molecular complexity index is 257. The van der Waals surface area contributed by atoms with Crippen molar-refractivity contribution in [1.29, 1.82) is 0 Å². The van der Waals surface area contributed by atoms with Crippen molar-refractivity contribution in [2.75, 3.05) is 0 Å². The Labute approximate surface area is 110 Å². The summed E-state index contributed by atoms with van der Waals surface area (Å²) in [6.07, 6.45) is 3.35. The predicted octanol–water partition coefficient (Wildman–Crippen LogP) is 5.59. The summed E-state index contributed by atoms with van der Waals surface area (Å²) in [6, 6.07) is 0. The minimum Gasteiger partial charge on any atom is -0.547 e. The maximum atomic E-state index is 6.42. The molecule has 0 N–H and O–H groups in total. The Morgan fingerprint density at radius 1 is 1.12 bits per heavy atom. The third-order valence-electron chi connectivity index (χ3n) is 3.32. The first kappa shape index (κ1) is 16.8. The van der Waals surface area contributed by atoms with E-state index in [0.29, 0.717) is 11.8 Å². The van der Waals surface area contributed by atoms with E-state index in [1.165, 1.54) is 5.76 Å². The van der Waals surface area contributed by atoms with Gasteiger partial charge < -0.3 is 4.43 Å². The van der Waals surface area contributed by atoms with Crippen molar-refractivity contribution >= 4 is 8.32 Å². The SMILES string of the molecule is CC(C)/C=C(\CC(C)C)O[Si](C)(C)C(C)(C)C. The van der Waals surface area contributed by atoms with E-state index in [4.69, 9.17) is 4.43 Å². The lowest BCUT2D eigenvalue weighted by Crippen LogP contribution is -2.40. The minimum atomic E-state index is -1.67. The van der Waals surface area contributed by atoms with Crippen LogP contribution < -0.4 is 0 Å². The normalized spacial score (nSPS) is 14.6. The van der Waals surface area contributed by atoms with Gasteiger partial charge in [-0.2, -0.15) is 0 Å². The fraction of sp³-hybridized carbons (Fsp3) is 0.867. The number of rotatable bonds is 5. The van der Waals surface area contributed by atoms with E-state index in [1.807, 2.05) is 0 Å². The Morgan fingerprint density at radius 2 is 1.59 bits per heavy atom. The second-order valence-electron chi connectivity index (χ2n) is 7.34. The van der Waals surface area contributed by atoms with Crippen molar-refractivity contribution in [3.8, 4) is 0 Å². The molecule has 0 atom stereocenters. The molecule has 0 heterocycles. The highest BCUT2D eigenvalue weighted by atomic mass is 28.4. The highest BCUT2D eigenvalue weighted by Gasteiger charge is 2.39. The van der Waals surface area contributed by atoms with Crippen LogP contribution in [0, 0.1) is 11.8 Å². The zero-order valence-corrected chi connectivity index (χ0v) is 14.3. The maximum absolute atomic E-state index is 6.42. The summed E-state index contributed by atoms with van der Waals surface area (Å²) in [4.78, 5) is 0. The van der Waals surface area contributed by atoms with E-state index in [0.717, 1.165) is 6.42 Å². The van der Waals surface area contributed by atoms with E-state index in [1.54, 1.807) is 0 Å². The lowest BCUT2D eigenvalue weighted by atomic mass is 10.1. The van der Waals surface area contributed by atoms with Crippen LogP contribution in [0.15, 0.2) is 11.8 Å². The molecule has 0 aliphatic carbocycles. The summed E-state index contributed by atoms with van der Waals surface area (Å²) in [5, 5.41) is 0.278. The fourth-order valence-electron chi connectivity index (χ4n) is 1.40. The van der Waals surface area contributed by atoms with Gasteiger partial charge in [0.25, 0.3) is 0 Å². The molecule has 0 amide bonds. The van der Waals surface area contributed by atoms with Gasteiger partial charge in [0.1, 0.15) is 0 Å². The average molecular weight is 257 g/mol. The van der Waals surface area contributed by atoms with E-state index in [2.05, 4.69) is 67.6 Å². The zero-order chi connectivity index (χ0) is 13.9. The van der Waals surface area contributed by atoms with Gasteiger partial charge in [-0.1, -0.05) is 48.5 Å². The Kier molecular flexibility index (Phi) is 5.99. The first-order valence-electron chi connectivity index (χ1n) is 6.85. The summed E-state index contributed by atoms with van der Waals surface area (Å²) >= 11 is 0. The van der Waals surface area contributed by atoms with Crippen LogP contribution in [-0.2, 0) is 4.43 Å². The van der Waals surface area contributed by atoms with Crippen molar-refractivity contribution in [1.82, 2.24) is 0 Å². The summed E-state index contributed by atoms with van der Waals surface area (Å²) < 4.78 is 6.42. The molecule has 2 heteroatoms. The molecule has 17 heavy (non-hydrogen) atoms. The molecule has 0 fully saturated rings. The Hall–Kier alpha value is -0.243. The quantitative estimate of drug-likeness (QED) is 0.460. The van der Waals surface area contributed by atoms with Crippen LogP contribution in [0.1, 0.15) is 54.9 Å². The van der Waals surface area contributed by atoms with Crippen LogP contribution in [0.3, 0.4) is 0 Å². The Balaban J connectivity index is 4.88. The highest BCUT2D eigenvalue weighted by Crippen LogP contribution is 2.38. The van der Waals surface area contributed by atoms with Crippen LogP contribution >= 0.6 is 0 Å². The molecule has 102 valence electrons. The Morgan fingerprint density at radius 3 is 1.88 bits per heavy atom. The second-order valence-corrected chi connectivity index (χ2v) is 12.1. The summed E-state index contributed by atoms with van der Waals surface area (Å²) in [5.74, 6) is 2.43. The predicted molar refractivity (Wildman–Crippen MR) is 80.7 cm³/mol. The van der Waals surface area contributed by atoms with Crippen LogP contribution in [0.2, 0.25) is 18.1 Å². The molecule has 0 unspecified atom stereocenters. The van der Waals surface area contributed by atoms with Gasteiger partial charge in [0, 0.05) is 6.42 Å². The smallest absolute Gasteiger partial charge is 0.250 e. The van der Waals surface area contributed by atoms with Gasteiger partial charge in [-0.15, -0.1) is 0 Å². The van der Waals surface area contributed by atoms with Crippen molar-refractivity contribution in [3.05, 3.63) is 11.8 Å². The highest BCUT2D eigenvalue weighted by molar-refractivity contribution is 6.74. The molecule has 0 aliphatic heterocycles. The third kappa shape index (κ3) is 6.30. The van der Waals surface area contributed by atoms with Gasteiger partial charge in [-0.25, -0.2) is 0 Å². The van der Waals surface area contributed by atoms with E-state index >= 15 is 0 Å². The van der Waals surface area contributed by atoms with Crippen molar-refractivity contribution < 1.29 is 4.43 Å². The zero-order valence-electron chi connectivity index (χ0n) is 13.3. The lowest BCUT2D eigenvalue weighted by Gasteiger charge is -2.38. The number of hydrogen-bond acceptors (Lipinski definition) is 1. The molecule has 0 rings (SSSR count). The monoisotopic (exact) mass is 256 g/mol. The average Bonchev–Trinajstić information content (AvgIpc) is 1.96. The summed E-state index contributed by atoms with van der Waals surface area (Å²) in [6.45, 7) is 20.5. The van der Waals surface area contributed by atoms with Crippen molar-refractivity contribution in [3.63, 3.8) is 0 Å². The van der Waals surface area contributed by atoms with Gasteiger partial charge in [-0.05, 0) is 36.0 Å². The molecule has 0 aromatic rings. The molecular weight excluding hydrogens is 224 g/mol. The standard InChI is InChI=1S/C15H32OSi/c1-12(2)10-14(11-13(3)4)16-17(8,9)15(5,6)7/h10,12-13H,11H2,1-9H3/b14-10+. The largest absolute Gasteiger partial charge is 0.547 e. The second kappa shape index (κ2) is 6.08. The molecular formula is C15H32OSi. The van der Waals surface area contributed by atoms with Crippen molar-refractivity contribution in [2.24, 2.45) is 11.8 Å². The van der Waals surface area contributed by atoms with Gasteiger partial charge in [0.15, 0.2) is 0 Å². The third-order valence-corrected chi connectivity index (χ3v) is 7.71. The van der Waals surface area contributed by atoms with Crippen LogP contribution in [0.4, 0.5) is 0 Å². The molecule has 0 aliphatic rings. The molecule has 1 nitrogen and oxygen atoms in total. The maximum Gasteiger partial charge on any atom is 0.250 e. The summed E-state index contributed by atoms with van der Waals surface area (Å²) in [7, 11) is -1.67. The lowest BCUT2D eigenvalue weighted by molar-refractivity contribution is 0.344. The van der Waals surface area contributed by atoms with E-state index in [-0.39, 0.29) is 5.04 Å². The molecule has 0 aromatic heterocycles. The minimum absolute atomic E-state index is 0.278. The van der Waals surface area contributed by atoms with Gasteiger partial charge >= 0.3 is 0 Å².